The Bertz CT molecular complexity index is 717. The van der Waals surface area contributed by atoms with Crippen molar-refractivity contribution < 1.29 is 14.6 Å². The predicted octanol–water partition coefficient (Wildman–Crippen LogP) is 6.96. The van der Waals surface area contributed by atoms with E-state index in [2.05, 4.69) is 50.9 Å². The Balaban J connectivity index is 1.79. The third-order valence-electron chi connectivity index (χ3n) is 7.70. The standard InChI is InChI=1S/C29H48O3Si/c1-6-7-8-10-24-12-14-26(15-13-24)27-16-18-28(19-17-27)33(4,5)20-9-11-25(21-30)22-32-29(31)23(2)3/h16-19,24-26,30H,2,6-15,20-22H2,1,3-5H3. The monoisotopic (exact) mass is 472 g/mol. The van der Waals surface area contributed by atoms with Crippen molar-refractivity contribution >= 4 is 19.2 Å². The maximum absolute atomic E-state index is 11.6. The molecule has 1 atom stereocenters. The summed E-state index contributed by atoms with van der Waals surface area (Å²) in [6, 6.07) is 10.8. The fourth-order valence-electron chi connectivity index (χ4n) is 5.20. The van der Waals surface area contributed by atoms with E-state index in [-0.39, 0.29) is 25.1 Å². The van der Waals surface area contributed by atoms with Gasteiger partial charge in [-0.2, -0.15) is 0 Å². The van der Waals surface area contributed by atoms with E-state index in [1.54, 1.807) is 6.92 Å². The fraction of sp³-hybridized carbons (Fsp3) is 0.690. The summed E-state index contributed by atoms with van der Waals surface area (Å²) >= 11 is 0. The van der Waals surface area contributed by atoms with Gasteiger partial charge in [-0.25, -0.2) is 4.79 Å². The summed E-state index contributed by atoms with van der Waals surface area (Å²) in [4.78, 5) is 11.6. The van der Waals surface area contributed by atoms with Crippen molar-refractivity contribution in [3.8, 4) is 0 Å². The number of unbranched alkanes of at least 4 members (excludes halogenated alkanes) is 2. The second-order valence-corrected chi connectivity index (χ2v) is 15.9. The molecule has 186 valence electrons. The molecule has 1 aliphatic rings. The first-order valence-electron chi connectivity index (χ1n) is 13.3. The van der Waals surface area contributed by atoms with Crippen LogP contribution >= 0.6 is 0 Å². The molecular formula is C29H48O3Si. The van der Waals surface area contributed by atoms with Crippen LogP contribution in [0.1, 0.15) is 89.5 Å². The predicted molar refractivity (Wildman–Crippen MR) is 143 cm³/mol. The summed E-state index contributed by atoms with van der Waals surface area (Å²) in [5, 5.41) is 11.2. The average Bonchev–Trinajstić information content (AvgIpc) is 2.81. The van der Waals surface area contributed by atoms with Gasteiger partial charge in [0.1, 0.15) is 0 Å². The maximum Gasteiger partial charge on any atom is 0.333 e. The first kappa shape index (κ1) is 27.8. The van der Waals surface area contributed by atoms with Crippen molar-refractivity contribution in [1.82, 2.24) is 0 Å². The van der Waals surface area contributed by atoms with Gasteiger partial charge in [-0.3, -0.25) is 0 Å². The normalized spacial score (nSPS) is 19.8. The number of rotatable bonds is 14. The Morgan fingerprint density at radius 2 is 1.79 bits per heavy atom. The molecule has 2 rings (SSSR count). The molecule has 0 amide bonds. The minimum absolute atomic E-state index is 0.0116. The van der Waals surface area contributed by atoms with E-state index in [1.807, 2.05) is 0 Å². The lowest BCUT2D eigenvalue weighted by molar-refractivity contribution is -0.140. The van der Waals surface area contributed by atoms with E-state index in [9.17, 15) is 9.90 Å². The third kappa shape index (κ3) is 9.40. The number of carbonyl (C=O) groups is 1. The van der Waals surface area contributed by atoms with Gasteiger partial charge in [0.15, 0.2) is 0 Å². The van der Waals surface area contributed by atoms with Crippen LogP contribution in [0.3, 0.4) is 0 Å². The number of esters is 1. The van der Waals surface area contributed by atoms with Crippen LogP contribution in [0.2, 0.25) is 19.1 Å². The quantitative estimate of drug-likeness (QED) is 0.138. The van der Waals surface area contributed by atoms with Crippen molar-refractivity contribution in [2.45, 2.75) is 103 Å². The highest BCUT2D eigenvalue weighted by Gasteiger charge is 2.26. The summed E-state index contributed by atoms with van der Waals surface area (Å²) in [5.74, 6) is 1.36. The van der Waals surface area contributed by atoms with Crippen LogP contribution < -0.4 is 5.19 Å². The Hall–Kier alpha value is -1.39. The number of aliphatic hydroxyl groups excluding tert-OH is 1. The molecule has 0 aromatic heterocycles. The van der Waals surface area contributed by atoms with Gasteiger partial charge < -0.3 is 9.84 Å². The number of aliphatic hydroxyl groups is 1. The van der Waals surface area contributed by atoms with Gasteiger partial charge >= 0.3 is 5.97 Å². The minimum Gasteiger partial charge on any atom is -0.462 e. The van der Waals surface area contributed by atoms with Crippen LogP contribution in [-0.4, -0.2) is 32.4 Å². The van der Waals surface area contributed by atoms with Crippen LogP contribution in [0, 0.1) is 11.8 Å². The van der Waals surface area contributed by atoms with Crippen molar-refractivity contribution in [3.05, 3.63) is 42.0 Å². The number of hydrogen-bond acceptors (Lipinski definition) is 3. The molecule has 1 saturated carbocycles. The first-order chi connectivity index (χ1) is 15.8. The molecule has 0 bridgehead atoms. The van der Waals surface area contributed by atoms with Gasteiger partial charge in [0.05, 0.1) is 14.7 Å². The van der Waals surface area contributed by atoms with Gasteiger partial charge in [0, 0.05) is 18.1 Å². The van der Waals surface area contributed by atoms with Crippen molar-refractivity contribution in [2.24, 2.45) is 11.8 Å². The van der Waals surface area contributed by atoms with Crippen LogP contribution in [0.15, 0.2) is 36.4 Å². The molecule has 1 aromatic carbocycles. The van der Waals surface area contributed by atoms with E-state index in [0.717, 1.165) is 24.7 Å². The Labute approximate surface area is 204 Å². The molecule has 1 aromatic rings. The Morgan fingerprint density at radius 3 is 2.36 bits per heavy atom. The molecule has 0 spiro atoms. The number of hydrogen-bond donors (Lipinski definition) is 1. The minimum atomic E-state index is -1.53. The summed E-state index contributed by atoms with van der Waals surface area (Å²) in [7, 11) is -1.53. The molecule has 1 unspecified atom stereocenters. The summed E-state index contributed by atoms with van der Waals surface area (Å²) < 4.78 is 5.24. The van der Waals surface area contributed by atoms with Crippen molar-refractivity contribution in [2.75, 3.05) is 13.2 Å². The molecule has 0 heterocycles. The number of benzene rings is 1. The molecule has 3 nitrogen and oxygen atoms in total. The molecule has 0 saturated heterocycles. The fourth-order valence-corrected chi connectivity index (χ4v) is 7.64. The largest absolute Gasteiger partial charge is 0.462 e. The van der Waals surface area contributed by atoms with Crippen molar-refractivity contribution in [3.63, 3.8) is 0 Å². The van der Waals surface area contributed by atoms with E-state index in [4.69, 9.17) is 4.74 Å². The van der Waals surface area contributed by atoms with Gasteiger partial charge in [-0.1, -0.05) is 94.2 Å². The summed E-state index contributed by atoms with van der Waals surface area (Å²) in [6.45, 7) is 12.8. The lowest BCUT2D eigenvalue weighted by Gasteiger charge is -2.30. The lowest BCUT2D eigenvalue weighted by Crippen LogP contribution is -2.41. The van der Waals surface area contributed by atoms with Gasteiger partial charge in [-0.05, 0) is 56.4 Å². The third-order valence-corrected chi connectivity index (χ3v) is 11.2. The molecule has 33 heavy (non-hydrogen) atoms. The molecule has 0 aliphatic heterocycles. The molecule has 1 fully saturated rings. The summed E-state index contributed by atoms with van der Waals surface area (Å²) in [6.07, 6.45) is 13.0. The number of ether oxygens (including phenoxy) is 1. The van der Waals surface area contributed by atoms with Crippen LogP contribution in [0.4, 0.5) is 0 Å². The second kappa shape index (κ2) is 14.1. The molecular weight excluding hydrogens is 424 g/mol. The Morgan fingerprint density at radius 1 is 1.12 bits per heavy atom. The average molecular weight is 473 g/mol. The van der Waals surface area contributed by atoms with Gasteiger partial charge in [0.2, 0.25) is 0 Å². The summed E-state index contributed by atoms with van der Waals surface area (Å²) in [5.41, 5.74) is 1.94. The van der Waals surface area contributed by atoms with E-state index in [1.165, 1.54) is 68.2 Å². The zero-order valence-electron chi connectivity index (χ0n) is 21.7. The molecule has 1 aliphatic carbocycles. The maximum atomic E-state index is 11.6. The SMILES string of the molecule is C=C(C)C(=O)OCC(CO)CCC[Si](C)(C)c1ccc(C2CCC(CCCCC)CC2)cc1. The molecule has 1 N–H and O–H groups in total. The number of carbonyl (C=O) groups excluding carboxylic acids is 1. The zero-order valence-corrected chi connectivity index (χ0v) is 22.7. The topological polar surface area (TPSA) is 46.5 Å². The second-order valence-electron chi connectivity index (χ2n) is 11.0. The molecule has 4 heteroatoms. The smallest absolute Gasteiger partial charge is 0.333 e. The first-order valence-corrected chi connectivity index (χ1v) is 16.5. The van der Waals surface area contributed by atoms with Gasteiger partial charge in [-0.15, -0.1) is 0 Å². The Kier molecular flexibility index (Phi) is 11.9. The lowest BCUT2D eigenvalue weighted by atomic mass is 9.77. The highest BCUT2D eigenvalue weighted by Crippen LogP contribution is 2.37. The van der Waals surface area contributed by atoms with E-state index < -0.39 is 8.07 Å². The van der Waals surface area contributed by atoms with Crippen molar-refractivity contribution in [1.29, 1.82) is 0 Å². The van der Waals surface area contributed by atoms with Crippen LogP contribution in [-0.2, 0) is 9.53 Å². The highest BCUT2D eigenvalue weighted by molar-refractivity contribution is 6.89. The van der Waals surface area contributed by atoms with E-state index >= 15 is 0 Å². The van der Waals surface area contributed by atoms with Crippen LogP contribution in [0.5, 0.6) is 0 Å². The zero-order chi connectivity index (χ0) is 24.3. The highest BCUT2D eigenvalue weighted by atomic mass is 28.3. The van der Waals surface area contributed by atoms with E-state index in [0.29, 0.717) is 5.57 Å². The van der Waals surface area contributed by atoms with Crippen LogP contribution in [0.25, 0.3) is 0 Å². The molecule has 0 radical (unpaired) electrons. The van der Waals surface area contributed by atoms with Gasteiger partial charge in [0.25, 0.3) is 0 Å².